The van der Waals surface area contributed by atoms with Crippen LogP contribution in [0.5, 0.6) is 0 Å². The minimum absolute atomic E-state index is 0.111. The van der Waals surface area contributed by atoms with Crippen molar-refractivity contribution in [3.8, 4) is 22.3 Å². The van der Waals surface area contributed by atoms with Gasteiger partial charge in [0.25, 0.3) is 11.1 Å². The smallest absolute Gasteiger partial charge is 0.328 e. The number of H-pyrrole nitrogens is 1. The van der Waals surface area contributed by atoms with Crippen molar-refractivity contribution in [2.75, 3.05) is 0 Å². The topological polar surface area (TPSA) is 125 Å². The third-order valence-corrected chi connectivity index (χ3v) is 7.92. The van der Waals surface area contributed by atoms with Gasteiger partial charge in [-0.15, -0.1) is 0 Å². The van der Waals surface area contributed by atoms with Gasteiger partial charge in [-0.25, -0.2) is 9.97 Å². The van der Waals surface area contributed by atoms with E-state index in [1.54, 1.807) is 0 Å². The average Bonchev–Trinajstić information content (AvgIpc) is 3.83. The molecule has 0 aliphatic carbocycles. The van der Waals surface area contributed by atoms with E-state index < -0.39 is 100 Å². The first-order valence-electron chi connectivity index (χ1n) is 15.1. The molecule has 310 valence electrons. The highest BCUT2D eigenvalue weighted by Crippen LogP contribution is 2.39. The van der Waals surface area contributed by atoms with Gasteiger partial charge in [0, 0.05) is 54.3 Å². The fourth-order valence-corrected chi connectivity index (χ4v) is 5.13. The van der Waals surface area contributed by atoms with Crippen molar-refractivity contribution < 1.29 is 70.2 Å². The van der Waals surface area contributed by atoms with Gasteiger partial charge in [-0.3, -0.25) is 27.8 Å². The Morgan fingerprint density at radius 1 is 0.596 bits per heavy atom. The summed E-state index contributed by atoms with van der Waals surface area (Å²) in [5, 5.41) is 6.47. The van der Waals surface area contributed by atoms with Crippen LogP contribution in [0.3, 0.4) is 0 Å². The summed E-state index contributed by atoms with van der Waals surface area (Å²) in [6, 6.07) is 0. The standard InChI is InChI=1S/C15H11F8N5O.C14H9F8N5O/c1-7-4-28-11(29)9(10(14(18,19)20)25-12(28)26(7)2)8-3-24-27(5-8)6-13(16,17)15(21,22)23;1-6-3-27-10(28)8(9(13(17,18)19)25-11(27)24-6)7-2-23-26(4-7)5-12(15,16)14(20,21)22/h3-5H,6H2,1-2H3;2-4H,5H2,1H3,(H,24,25). The maximum absolute atomic E-state index is 13.5. The van der Waals surface area contributed by atoms with E-state index in [1.807, 2.05) is 0 Å². The molecule has 0 atom stereocenters. The molecule has 0 saturated carbocycles. The Morgan fingerprint density at radius 2 is 1.02 bits per heavy atom. The number of imidazole rings is 2. The van der Waals surface area contributed by atoms with Gasteiger partial charge >= 0.3 is 36.6 Å². The second kappa shape index (κ2) is 13.7. The zero-order valence-electron chi connectivity index (χ0n) is 28.3. The van der Waals surface area contributed by atoms with E-state index in [4.69, 9.17) is 0 Å². The number of aromatic amines is 1. The lowest BCUT2D eigenvalue weighted by atomic mass is 10.1. The van der Waals surface area contributed by atoms with Crippen LogP contribution in [-0.2, 0) is 32.5 Å². The van der Waals surface area contributed by atoms with Crippen molar-refractivity contribution in [2.24, 2.45) is 7.05 Å². The van der Waals surface area contributed by atoms with E-state index in [0.29, 0.717) is 36.2 Å². The molecule has 0 radical (unpaired) electrons. The Labute approximate surface area is 303 Å². The maximum atomic E-state index is 13.5. The molecule has 0 aliphatic rings. The van der Waals surface area contributed by atoms with Crippen molar-refractivity contribution in [2.45, 2.75) is 63.5 Å². The fraction of sp³-hybridized carbons (Fsp3) is 0.379. The first kappa shape index (κ1) is 42.3. The molecule has 0 saturated heterocycles. The summed E-state index contributed by atoms with van der Waals surface area (Å²) in [4.78, 5) is 34.4. The molecule has 6 aromatic heterocycles. The van der Waals surface area contributed by atoms with Gasteiger partial charge in [-0.1, -0.05) is 0 Å². The summed E-state index contributed by atoms with van der Waals surface area (Å²) in [5.41, 5.74) is -8.10. The van der Waals surface area contributed by atoms with Crippen LogP contribution in [0.25, 0.3) is 33.8 Å². The van der Waals surface area contributed by atoms with Crippen LogP contribution in [0.4, 0.5) is 70.2 Å². The number of nitrogens with zero attached hydrogens (tertiary/aromatic N) is 9. The number of halogens is 16. The van der Waals surface area contributed by atoms with Crippen LogP contribution in [0.15, 0.2) is 46.8 Å². The highest BCUT2D eigenvalue weighted by atomic mass is 19.4. The number of fused-ring (bicyclic) bond motifs is 2. The summed E-state index contributed by atoms with van der Waals surface area (Å²) in [6.07, 6.45) is -17.4. The number of aryl methyl sites for hydroxylation is 3. The monoisotopic (exact) mass is 844 g/mol. The molecular weight excluding hydrogens is 824 g/mol. The Kier molecular flexibility index (Phi) is 10.1. The number of hydrogen-bond acceptors (Lipinski definition) is 6. The minimum atomic E-state index is -5.88. The molecule has 6 rings (SSSR count). The molecule has 1 N–H and O–H groups in total. The van der Waals surface area contributed by atoms with Gasteiger partial charge in [0.1, 0.15) is 13.1 Å². The summed E-state index contributed by atoms with van der Waals surface area (Å²) in [5.74, 6) is -11.1. The van der Waals surface area contributed by atoms with Crippen LogP contribution in [0, 0.1) is 13.8 Å². The van der Waals surface area contributed by atoms with Gasteiger partial charge in [0.15, 0.2) is 11.4 Å². The predicted octanol–water partition coefficient (Wildman–Crippen LogP) is 6.83. The SMILES string of the molecule is Cc1cn2c(=O)c(-c3cnn(CC(F)(F)C(F)(F)F)c3)c(C(F)(F)F)nc2[nH]1.Cc1cn2c(=O)c(-c3cnn(CC(F)(F)C(F)(F)F)c3)c(C(F)(F)F)nc2n1C. The Hall–Kier alpha value is -5.86. The van der Waals surface area contributed by atoms with Crippen molar-refractivity contribution in [3.05, 3.63) is 80.7 Å². The van der Waals surface area contributed by atoms with Crippen molar-refractivity contribution in [1.29, 1.82) is 0 Å². The summed E-state index contributed by atoms with van der Waals surface area (Å²) < 4.78 is 210. The Bertz CT molecular complexity index is 2580. The second-order valence-electron chi connectivity index (χ2n) is 12.2. The number of aromatic nitrogens is 10. The zero-order chi connectivity index (χ0) is 43.0. The van der Waals surface area contributed by atoms with Crippen LogP contribution in [0.2, 0.25) is 0 Å². The predicted molar refractivity (Wildman–Crippen MR) is 160 cm³/mol. The van der Waals surface area contributed by atoms with Crippen LogP contribution in [0.1, 0.15) is 22.8 Å². The second-order valence-corrected chi connectivity index (χ2v) is 12.2. The van der Waals surface area contributed by atoms with Gasteiger partial charge in [-0.05, 0) is 13.8 Å². The van der Waals surface area contributed by atoms with E-state index in [0.717, 1.165) is 15.0 Å². The van der Waals surface area contributed by atoms with Gasteiger partial charge in [0.2, 0.25) is 11.6 Å². The minimum Gasteiger partial charge on any atom is -0.328 e. The summed E-state index contributed by atoms with van der Waals surface area (Å²) >= 11 is 0. The lowest BCUT2D eigenvalue weighted by molar-refractivity contribution is -0.287. The van der Waals surface area contributed by atoms with Crippen LogP contribution < -0.4 is 11.1 Å². The molecular formula is C29H20F16N10O2. The number of hydrogen-bond donors (Lipinski definition) is 1. The molecule has 0 aliphatic heterocycles. The molecule has 28 heteroatoms. The molecule has 0 unspecified atom stereocenters. The molecule has 6 heterocycles. The first-order chi connectivity index (χ1) is 25.8. The first-order valence-corrected chi connectivity index (χ1v) is 15.1. The lowest BCUT2D eigenvalue weighted by Gasteiger charge is -2.19. The third-order valence-electron chi connectivity index (χ3n) is 7.92. The van der Waals surface area contributed by atoms with Gasteiger partial charge in [-0.2, -0.15) is 80.4 Å². The molecule has 0 fully saturated rings. The van der Waals surface area contributed by atoms with E-state index >= 15 is 0 Å². The van der Waals surface area contributed by atoms with Crippen molar-refractivity contribution in [3.63, 3.8) is 0 Å². The van der Waals surface area contributed by atoms with E-state index in [-0.39, 0.29) is 15.1 Å². The lowest BCUT2D eigenvalue weighted by Crippen LogP contribution is -2.40. The Balaban J connectivity index is 0.000000218. The van der Waals surface area contributed by atoms with Crippen LogP contribution >= 0.6 is 0 Å². The van der Waals surface area contributed by atoms with Crippen LogP contribution in [-0.4, -0.2) is 72.1 Å². The third kappa shape index (κ3) is 8.05. The average molecular weight is 845 g/mol. The molecule has 6 aromatic rings. The maximum Gasteiger partial charge on any atom is 0.455 e. The van der Waals surface area contributed by atoms with Crippen molar-refractivity contribution >= 4 is 11.6 Å². The molecule has 12 nitrogen and oxygen atoms in total. The summed E-state index contributed by atoms with van der Waals surface area (Å²) in [6.45, 7) is -0.950. The van der Waals surface area contributed by atoms with E-state index in [9.17, 15) is 79.8 Å². The highest BCUT2D eigenvalue weighted by Gasteiger charge is 2.58. The quantitative estimate of drug-likeness (QED) is 0.184. The molecule has 0 spiro atoms. The van der Waals surface area contributed by atoms with Gasteiger partial charge in [0.05, 0.1) is 23.5 Å². The normalized spacial score (nSPS) is 13.5. The largest absolute Gasteiger partial charge is 0.455 e. The molecule has 0 aromatic carbocycles. The van der Waals surface area contributed by atoms with E-state index in [2.05, 4.69) is 25.1 Å². The molecule has 0 bridgehead atoms. The number of nitrogens with one attached hydrogen (secondary N) is 1. The fourth-order valence-electron chi connectivity index (χ4n) is 5.13. The van der Waals surface area contributed by atoms with E-state index in [1.165, 1.54) is 31.7 Å². The molecule has 57 heavy (non-hydrogen) atoms. The highest BCUT2D eigenvalue weighted by molar-refractivity contribution is 5.66. The summed E-state index contributed by atoms with van der Waals surface area (Å²) in [7, 11) is 1.38. The molecule has 0 amide bonds. The number of rotatable bonds is 6. The zero-order valence-corrected chi connectivity index (χ0v) is 28.3. The Morgan fingerprint density at radius 3 is 1.44 bits per heavy atom. The van der Waals surface area contributed by atoms with Crippen molar-refractivity contribution in [1.82, 2.24) is 47.9 Å². The number of alkyl halides is 16. The van der Waals surface area contributed by atoms with Gasteiger partial charge < -0.3 is 9.55 Å².